The van der Waals surface area contributed by atoms with Gasteiger partial charge in [0.25, 0.3) is 0 Å². The summed E-state index contributed by atoms with van der Waals surface area (Å²) >= 11 is 0. The first-order valence-electron chi connectivity index (χ1n) is 11.9. The van der Waals surface area contributed by atoms with Gasteiger partial charge in [-0.1, -0.05) is 48.9 Å². The minimum atomic E-state index is 0.193. The Morgan fingerprint density at radius 2 is 1.77 bits per heavy atom. The van der Waals surface area contributed by atoms with Crippen molar-refractivity contribution in [2.75, 3.05) is 13.1 Å². The third kappa shape index (κ3) is 5.04. The highest BCUT2D eigenvalue weighted by Crippen LogP contribution is 2.48. The number of hydrogen-bond donors (Lipinski definition) is 1. The maximum Gasteiger partial charge on any atom is 0.140 e. The average Bonchev–Trinajstić information content (AvgIpc) is 3.61. The molecule has 0 unspecified atom stereocenters. The second-order valence-corrected chi connectivity index (χ2v) is 9.48. The number of pyridine rings is 1. The standard InChI is InChI=1S/C28H32N2O/c31-28(17-22-6-9-25-19-30-15-12-24(25)16-22)27-18-26(27)23-7-4-20(5-8-23)2-1-3-21-10-13-29-14-11-21/h4-9,12,15-16,19,21,26-27,29H,1-3,10-11,13-14,17-18H2/t26-,27+/m0/s1. The van der Waals surface area contributed by atoms with Gasteiger partial charge in [-0.05, 0) is 85.2 Å². The number of benzene rings is 2. The van der Waals surface area contributed by atoms with Crippen LogP contribution in [0.25, 0.3) is 10.8 Å². The van der Waals surface area contributed by atoms with Gasteiger partial charge in [-0.25, -0.2) is 0 Å². The molecule has 2 aromatic carbocycles. The zero-order valence-electron chi connectivity index (χ0n) is 18.2. The Bertz CT molecular complexity index is 1040. The van der Waals surface area contributed by atoms with Crippen LogP contribution in [-0.2, 0) is 17.6 Å². The van der Waals surface area contributed by atoms with Gasteiger partial charge >= 0.3 is 0 Å². The van der Waals surface area contributed by atoms with E-state index in [1.165, 1.54) is 56.3 Å². The smallest absolute Gasteiger partial charge is 0.140 e. The number of carbonyl (C=O) groups is 1. The lowest BCUT2D eigenvalue weighted by Gasteiger charge is -2.22. The molecule has 0 amide bonds. The van der Waals surface area contributed by atoms with Gasteiger partial charge in [0.1, 0.15) is 5.78 Å². The van der Waals surface area contributed by atoms with Crippen LogP contribution in [0.15, 0.2) is 60.9 Å². The Hall–Kier alpha value is -2.52. The predicted molar refractivity (Wildman–Crippen MR) is 126 cm³/mol. The van der Waals surface area contributed by atoms with Gasteiger partial charge in [-0.15, -0.1) is 0 Å². The summed E-state index contributed by atoms with van der Waals surface area (Å²) in [6.45, 7) is 2.39. The number of aryl methyl sites for hydroxylation is 1. The van der Waals surface area contributed by atoms with Crippen molar-refractivity contribution in [2.24, 2.45) is 11.8 Å². The van der Waals surface area contributed by atoms with E-state index in [0.717, 1.165) is 28.7 Å². The maximum atomic E-state index is 12.8. The lowest BCUT2D eigenvalue weighted by molar-refractivity contribution is -0.119. The summed E-state index contributed by atoms with van der Waals surface area (Å²) in [5.41, 5.74) is 3.88. The maximum absolute atomic E-state index is 12.8. The van der Waals surface area contributed by atoms with Gasteiger partial charge in [0.2, 0.25) is 0 Å². The number of hydrogen-bond acceptors (Lipinski definition) is 3. The molecule has 31 heavy (non-hydrogen) atoms. The van der Waals surface area contributed by atoms with Gasteiger partial charge in [-0.2, -0.15) is 0 Å². The van der Waals surface area contributed by atoms with Crippen LogP contribution in [0.4, 0.5) is 0 Å². The molecule has 2 heterocycles. The molecule has 1 aliphatic carbocycles. The molecule has 3 heteroatoms. The topological polar surface area (TPSA) is 42.0 Å². The van der Waals surface area contributed by atoms with E-state index in [4.69, 9.17) is 0 Å². The monoisotopic (exact) mass is 412 g/mol. The molecule has 1 N–H and O–H groups in total. The minimum Gasteiger partial charge on any atom is -0.317 e. The van der Waals surface area contributed by atoms with Crippen molar-refractivity contribution in [3.8, 4) is 0 Å². The van der Waals surface area contributed by atoms with Crippen LogP contribution in [0.3, 0.4) is 0 Å². The summed E-state index contributed by atoms with van der Waals surface area (Å²) in [5.74, 6) is 1.90. The number of ketones is 1. The van der Waals surface area contributed by atoms with E-state index in [2.05, 4.69) is 52.8 Å². The number of nitrogens with zero attached hydrogens (tertiary/aromatic N) is 1. The second kappa shape index (κ2) is 9.32. The molecule has 1 aliphatic heterocycles. The average molecular weight is 413 g/mol. The van der Waals surface area contributed by atoms with E-state index in [9.17, 15) is 4.79 Å². The molecule has 1 saturated carbocycles. The van der Waals surface area contributed by atoms with Crippen LogP contribution in [0.5, 0.6) is 0 Å². The van der Waals surface area contributed by atoms with Crippen molar-refractivity contribution in [2.45, 2.75) is 50.9 Å². The van der Waals surface area contributed by atoms with Crippen LogP contribution in [0, 0.1) is 11.8 Å². The van der Waals surface area contributed by atoms with E-state index >= 15 is 0 Å². The molecule has 3 aromatic rings. The van der Waals surface area contributed by atoms with Crippen LogP contribution in [0.2, 0.25) is 0 Å². The summed E-state index contributed by atoms with van der Waals surface area (Å²) < 4.78 is 0. The van der Waals surface area contributed by atoms with Crippen molar-refractivity contribution >= 4 is 16.6 Å². The fourth-order valence-corrected chi connectivity index (χ4v) is 5.19. The van der Waals surface area contributed by atoms with Crippen molar-refractivity contribution in [1.29, 1.82) is 0 Å². The molecule has 2 atom stereocenters. The third-order valence-corrected chi connectivity index (χ3v) is 7.23. The third-order valence-electron chi connectivity index (χ3n) is 7.23. The van der Waals surface area contributed by atoms with Crippen LogP contribution in [0.1, 0.15) is 54.7 Å². The highest BCUT2D eigenvalue weighted by Gasteiger charge is 2.43. The molecular weight excluding hydrogens is 380 g/mol. The van der Waals surface area contributed by atoms with Gasteiger partial charge in [0, 0.05) is 30.1 Å². The SMILES string of the molecule is O=C(Cc1ccc2cnccc2c1)[C@@H]1C[C@H]1c1ccc(CCCC2CCNCC2)cc1. The van der Waals surface area contributed by atoms with Gasteiger partial charge in [0.05, 0.1) is 0 Å². The highest BCUT2D eigenvalue weighted by atomic mass is 16.1. The van der Waals surface area contributed by atoms with Gasteiger partial charge in [0.15, 0.2) is 0 Å². The lowest BCUT2D eigenvalue weighted by Crippen LogP contribution is -2.27. The fourth-order valence-electron chi connectivity index (χ4n) is 5.19. The van der Waals surface area contributed by atoms with E-state index in [0.29, 0.717) is 18.1 Å². The summed E-state index contributed by atoms with van der Waals surface area (Å²) in [4.78, 5) is 17.0. The zero-order valence-corrected chi connectivity index (χ0v) is 18.2. The Morgan fingerprint density at radius 1 is 0.968 bits per heavy atom. The molecule has 2 fully saturated rings. The zero-order chi connectivity index (χ0) is 21.0. The first kappa shape index (κ1) is 20.4. The number of rotatable bonds is 8. The van der Waals surface area contributed by atoms with E-state index in [-0.39, 0.29) is 5.92 Å². The lowest BCUT2D eigenvalue weighted by atomic mass is 9.91. The van der Waals surface area contributed by atoms with Crippen molar-refractivity contribution < 1.29 is 4.79 Å². The largest absolute Gasteiger partial charge is 0.317 e. The number of piperidine rings is 1. The summed E-state index contributed by atoms with van der Waals surface area (Å²) in [7, 11) is 0. The Labute approximate surface area is 185 Å². The van der Waals surface area contributed by atoms with Gasteiger partial charge in [-0.3, -0.25) is 9.78 Å². The molecule has 3 nitrogen and oxygen atoms in total. The molecule has 2 aliphatic rings. The number of Topliss-reactive ketones (excluding diaryl/α,β-unsaturated/α-hetero) is 1. The fraction of sp³-hybridized carbons (Fsp3) is 0.429. The van der Waals surface area contributed by atoms with Crippen LogP contribution >= 0.6 is 0 Å². The molecular formula is C28H32N2O. The second-order valence-electron chi connectivity index (χ2n) is 9.48. The Kier molecular flexibility index (Phi) is 6.13. The number of carbonyl (C=O) groups excluding carboxylic acids is 1. The molecule has 0 spiro atoms. The Morgan fingerprint density at radius 3 is 2.61 bits per heavy atom. The van der Waals surface area contributed by atoms with E-state index in [1.807, 2.05) is 18.5 Å². The molecule has 1 aromatic heterocycles. The first-order chi connectivity index (χ1) is 15.3. The van der Waals surface area contributed by atoms with Crippen molar-refractivity contribution in [1.82, 2.24) is 10.3 Å². The summed E-state index contributed by atoms with van der Waals surface area (Å²) in [6, 6.07) is 17.4. The number of aromatic nitrogens is 1. The Balaban J connectivity index is 1.11. The number of fused-ring (bicyclic) bond motifs is 1. The van der Waals surface area contributed by atoms with Crippen LogP contribution < -0.4 is 5.32 Å². The van der Waals surface area contributed by atoms with Crippen molar-refractivity contribution in [3.63, 3.8) is 0 Å². The normalized spacial score (nSPS) is 21.3. The molecule has 0 radical (unpaired) electrons. The quantitative estimate of drug-likeness (QED) is 0.533. The highest BCUT2D eigenvalue weighted by molar-refractivity contribution is 5.89. The van der Waals surface area contributed by atoms with E-state index in [1.54, 1.807) is 0 Å². The molecule has 0 bridgehead atoms. The van der Waals surface area contributed by atoms with Gasteiger partial charge < -0.3 is 5.32 Å². The summed E-state index contributed by atoms with van der Waals surface area (Å²) in [6.07, 6.45) is 11.7. The van der Waals surface area contributed by atoms with Crippen molar-refractivity contribution in [3.05, 3.63) is 77.6 Å². The molecule has 160 valence electrons. The predicted octanol–water partition coefficient (Wildman–Crippen LogP) is 5.47. The molecule has 1 saturated heterocycles. The molecule has 5 rings (SSSR count). The summed E-state index contributed by atoms with van der Waals surface area (Å²) in [5, 5.41) is 5.73. The number of nitrogens with one attached hydrogen (secondary N) is 1. The first-order valence-corrected chi connectivity index (χ1v) is 11.9. The minimum absolute atomic E-state index is 0.193. The van der Waals surface area contributed by atoms with Crippen LogP contribution in [-0.4, -0.2) is 23.9 Å². The van der Waals surface area contributed by atoms with E-state index < -0.39 is 0 Å².